The third-order valence-corrected chi connectivity index (χ3v) is 2.93. The van der Waals surface area contributed by atoms with Gasteiger partial charge in [-0.25, -0.2) is 4.39 Å². The second-order valence-corrected chi connectivity index (χ2v) is 4.32. The summed E-state index contributed by atoms with van der Waals surface area (Å²) in [4.78, 5) is 10.7. The molecule has 0 saturated heterocycles. The van der Waals surface area contributed by atoms with E-state index < -0.39 is 4.83 Å². The minimum atomic E-state index is -0.428. The summed E-state index contributed by atoms with van der Waals surface area (Å²) in [5, 5.41) is 0. The fourth-order valence-corrected chi connectivity index (χ4v) is 1.81. The van der Waals surface area contributed by atoms with Gasteiger partial charge in [0.25, 0.3) is 0 Å². The Labute approximate surface area is 96.6 Å². The molecule has 1 atom stereocenters. The molecule has 0 aliphatic heterocycles. The van der Waals surface area contributed by atoms with E-state index in [-0.39, 0.29) is 11.8 Å². The van der Waals surface area contributed by atoms with Crippen molar-refractivity contribution in [3.05, 3.63) is 35.1 Å². The number of hydrogen-bond donors (Lipinski definition) is 0. The summed E-state index contributed by atoms with van der Waals surface area (Å²) in [6.07, 6.45) is 0.427. The lowest BCUT2D eigenvalue weighted by Crippen LogP contribution is -2.18. The average Bonchev–Trinajstić information content (AvgIpc) is 2.23. The van der Waals surface area contributed by atoms with E-state index in [0.29, 0.717) is 12.0 Å². The Bertz CT molecular complexity index is 366. The quantitative estimate of drug-likeness (QED) is 0.626. The molecule has 0 aliphatic rings. The fourth-order valence-electron chi connectivity index (χ4n) is 1.28. The van der Waals surface area contributed by atoms with Gasteiger partial charge in [-0.1, -0.05) is 28.1 Å². The van der Waals surface area contributed by atoms with Gasteiger partial charge < -0.3 is 4.74 Å². The molecule has 0 amide bonds. The SMILES string of the molecule is COC(=O)C(Br)Cc1cccc(F)c1C. The lowest BCUT2D eigenvalue weighted by atomic mass is 10.0. The van der Waals surface area contributed by atoms with Gasteiger partial charge in [-0.2, -0.15) is 0 Å². The van der Waals surface area contributed by atoms with Crippen molar-refractivity contribution in [3.8, 4) is 0 Å². The van der Waals surface area contributed by atoms with Gasteiger partial charge in [0.1, 0.15) is 10.6 Å². The van der Waals surface area contributed by atoms with Crippen molar-refractivity contribution in [1.29, 1.82) is 0 Å². The number of methoxy groups -OCH3 is 1. The van der Waals surface area contributed by atoms with Crippen LogP contribution in [0.25, 0.3) is 0 Å². The molecule has 0 saturated carbocycles. The van der Waals surface area contributed by atoms with Gasteiger partial charge in [0.2, 0.25) is 0 Å². The minimum absolute atomic E-state index is 0.253. The van der Waals surface area contributed by atoms with Crippen molar-refractivity contribution in [2.24, 2.45) is 0 Å². The second kappa shape index (κ2) is 5.26. The maximum atomic E-state index is 13.2. The highest BCUT2D eigenvalue weighted by Crippen LogP contribution is 2.17. The molecule has 2 nitrogen and oxygen atoms in total. The number of halogens is 2. The maximum Gasteiger partial charge on any atom is 0.319 e. The second-order valence-electron chi connectivity index (χ2n) is 3.22. The normalized spacial score (nSPS) is 12.3. The number of carbonyl (C=O) groups excluding carboxylic acids is 1. The largest absolute Gasteiger partial charge is 0.468 e. The molecule has 1 rings (SSSR count). The summed E-state index contributed by atoms with van der Waals surface area (Å²) < 4.78 is 17.8. The van der Waals surface area contributed by atoms with Crippen LogP contribution in [-0.4, -0.2) is 17.9 Å². The third-order valence-electron chi connectivity index (χ3n) is 2.24. The van der Waals surface area contributed by atoms with Crippen LogP contribution in [-0.2, 0) is 16.0 Å². The van der Waals surface area contributed by atoms with Crippen molar-refractivity contribution < 1.29 is 13.9 Å². The van der Waals surface area contributed by atoms with E-state index in [1.807, 2.05) is 0 Å². The highest BCUT2D eigenvalue weighted by Gasteiger charge is 2.17. The van der Waals surface area contributed by atoms with Gasteiger partial charge in [0.15, 0.2) is 0 Å². The van der Waals surface area contributed by atoms with Crippen molar-refractivity contribution in [2.75, 3.05) is 7.11 Å². The Morgan fingerprint density at radius 3 is 2.87 bits per heavy atom. The van der Waals surface area contributed by atoms with Crippen LogP contribution in [0.5, 0.6) is 0 Å². The van der Waals surface area contributed by atoms with E-state index in [0.717, 1.165) is 5.56 Å². The molecule has 0 bridgehead atoms. The molecule has 82 valence electrons. The maximum absolute atomic E-state index is 13.2. The molecule has 0 spiro atoms. The first-order valence-electron chi connectivity index (χ1n) is 4.52. The van der Waals surface area contributed by atoms with Gasteiger partial charge in [-0.05, 0) is 30.5 Å². The van der Waals surface area contributed by atoms with Crippen LogP contribution in [0, 0.1) is 12.7 Å². The number of esters is 1. The van der Waals surface area contributed by atoms with E-state index in [1.54, 1.807) is 19.1 Å². The van der Waals surface area contributed by atoms with Gasteiger partial charge in [0, 0.05) is 0 Å². The lowest BCUT2D eigenvalue weighted by Gasteiger charge is -2.10. The molecule has 0 heterocycles. The molecule has 1 aromatic carbocycles. The van der Waals surface area contributed by atoms with Crippen molar-refractivity contribution in [3.63, 3.8) is 0 Å². The Balaban J connectivity index is 2.81. The summed E-state index contributed by atoms with van der Waals surface area (Å²) in [5.41, 5.74) is 1.38. The summed E-state index contributed by atoms with van der Waals surface area (Å²) in [5.74, 6) is -0.601. The van der Waals surface area contributed by atoms with Crippen LogP contribution in [0.15, 0.2) is 18.2 Å². The fraction of sp³-hybridized carbons (Fsp3) is 0.364. The Morgan fingerprint density at radius 1 is 1.60 bits per heavy atom. The number of alkyl halides is 1. The van der Waals surface area contributed by atoms with Gasteiger partial charge in [-0.3, -0.25) is 4.79 Å². The molecule has 1 aromatic rings. The zero-order valence-electron chi connectivity index (χ0n) is 8.59. The first-order chi connectivity index (χ1) is 7.06. The average molecular weight is 275 g/mol. The Hall–Kier alpha value is -0.900. The highest BCUT2D eigenvalue weighted by molar-refractivity contribution is 9.10. The summed E-state index contributed by atoms with van der Waals surface area (Å²) >= 11 is 3.20. The molecule has 1 unspecified atom stereocenters. The highest BCUT2D eigenvalue weighted by atomic mass is 79.9. The van der Waals surface area contributed by atoms with Crippen LogP contribution in [0.2, 0.25) is 0 Å². The Morgan fingerprint density at radius 2 is 2.27 bits per heavy atom. The first-order valence-corrected chi connectivity index (χ1v) is 5.43. The zero-order chi connectivity index (χ0) is 11.4. The molecular weight excluding hydrogens is 263 g/mol. The monoisotopic (exact) mass is 274 g/mol. The minimum Gasteiger partial charge on any atom is -0.468 e. The van der Waals surface area contributed by atoms with Gasteiger partial charge in [-0.15, -0.1) is 0 Å². The predicted molar refractivity (Wildman–Crippen MR) is 59.6 cm³/mol. The van der Waals surface area contributed by atoms with Crippen LogP contribution < -0.4 is 0 Å². The third kappa shape index (κ3) is 3.02. The van der Waals surface area contributed by atoms with Crippen molar-refractivity contribution in [1.82, 2.24) is 0 Å². The van der Waals surface area contributed by atoms with E-state index >= 15 is 0 Å². The van der Waals surface area contributed by atoms with Crippen molar-refractivity contribution >= 4 is 21.9 Å². The molecule has 4 heteroatoms. The molecule has 0 N–H and O–H groups in total. The van der Waals surface area contributed by atoms with Crippen LogP contribution in [0.4, 0.5) is 4.39 Å². The zero-order valence-corrected chi connectivity index (χ0v) is 10.2. The topological polar surface area (TPSA) is 26.3 Å². The number of carbonyl (C=O) groups is 1. The van der Waals surface area contributed by atoms with E-state index in [2.05, 4.69) is 20.7 Å². The van der Waals surface area contributed by atoms with E-state index in [9.17, 15) is 9.18 Å². The standard InChI is InChI=1S/C11H12BrFO2/c1-7-8(4-3-5-10(7)13)6-9(12)11(14)15-2/h3-5,9H,6H2,1-2H3. The van der Waals surface area contributed by atoms with Gasteiger partial charge in [0.05, 0.1) is 7.11 Å². The molecule has 0 fully saturated rings. The van der Waals surface area contributed by atoms with Gasteiger partial charge >= 0.3 is 5.97 Å². The summed E-state index contributed by atoms with van der Waals surface area (Å²) in [7, 11) is 1.33. The predicted octanol–water partition coefficient (Wildman–Crippen LogP) is 2.61. The number of rotatable bonds is 3. The molecule has 0 aliphatic carbocycles. The molecule has 15 heavy (non-hydrogen) atoms. The van der Waals surface area contributed by atoms with Crippen LogP contribution in [0.1, 0.15) is 11.1 Å². The smallest absolute Gasteiger partial charge is 0.319 e. The number of hydrogen-bond acceptors (Lipinski definition) is 2. The Kier molecular flexibility index (Phi) is 4.27. The lowest BCUT2D eigenvalue weighted by molar-refractivity contribution is -0.139. The van der Waals surface area contributed by atoms with Crippen molar-refractivity contribution in [2.45, 2.75) is 18.2 Å². The van der Waals surface area contributed by atoms with E-state index in [1.165, 1.54) is 13.2 Å². The molecule has 0 aromatic heterocycles. The summed E-state index contributed by atoms with van der Waals surface area (Å²) in [6.45, 7) is 1.70. The number of ether oxygens (including phenoxy) is 1. The first kappa shape index (κ1) is 12.2. The van der Waals surface area contributed by atoms with Crippen LogP contribution in [0.3, 0.4) is 0 Å². The van der Waals surface area contributed by atoms with Crippen LogP contribution >= 0.6 is 15.9 Å². The molecule has 0 radical (unpaired) electrons. The molecular formula is C11H12BrFO2. The summed E-state index contributed by atoms with van der Waals surface area (Å²) in [6, 6.07) is 4.84. The van der Waals surface area contributed by atoms with E-state index in [4.69, 9.17) is 0 Å². The number of benzene rings is 1.